The van der Waals surface area contributed by atoms with Crippen molar-refractivity contribution in [3.05, 3.63) is 0 Å². The number of hydrogen-bond acceptors (Lipinski definition) is 4. The van der Waals surface area contributed by atoms with Gasteiger partial charge in [-0.1, -0.05) is 18.7 Å². The van der Waals surface area contributed by atoms with Crippen LogP contribution in [0, 0.1) is 0 Å². The molecule has 11 heavy (non-hydrogen) atoms. The zero-order valence-corrected chi connectivity index (χ0v) is 8.66. The van der Waals surface area contributed by atoms with Crippen molar-refractivity contribution in [3.63, 3.8) is 0 Å². The lowest BCUT2D eigenvalue weighted by Gasteiger charge is -2.19. The highest BCUT2D eigenvalue weighted by Gasteiger charge is 2.12. The van der Waals surface area contributed by atoms with Crippen molar-refractivity contribution in [1.82, 2.24) is 4.90 Å². The summed E-state index contributed by atoms with van der Waals surface area (Å²) in [6.45, 7) is 4.06. The number of hydrogen-bond donors (Lipinski definition) is 1. The molecule has 64 valence electrons. The van der Waals surface area contributed by atoms with Gasteiger partial charge in [0.15, 0.2) is 5.17 Å². The van der Waals surface area contributed by atoms with Gasteiger partial charge < -0.3 is 4.90 Å². The van der Waals surface area contributed by atoms with Crippen LogP contribution in [0.5, 0.6) is 0 Å². The fraction of sp³-hybridized carbons (Fsp3) is 0.857. The Labute approximate surface area is 77.9 Å². The lowest BCUT2D eigenvalue weighted by Crippen LogP contribution is -2.28. The zero-order chi connectivity index (χ0) is 8.27. The van der Waals surface area contributed by atoms with Gasteiger partial charge in [0.1, 0.15) is 0 Å². The molecule has 0 spiro atoms. The van der Waals surface area contributed by atoms with Crippen molar-refractivity contribution in [2.75, 3.05) is 25.9 Å². The maximum absolute atomic E-state index is 4.36. The summed E-state index contributed by atoms with van der Waals surface area (Å²) in [6, 6.07) is 0. The third kappa shape index (κ3) is 2.95. The van der Waals surface area contributed by atoms with Crippen LogP contribution in [0.2, 0.25) is 0 Å². The second-order valence-electron chi connectivity index (χ2n) is 2.74. The summed E-state index contributed by atoms with van der Waals surface area (Å²) in [7, 11) is 2.07. The quantitative estimate of drug-likeness (QED) is 0.661. The van der Waals surface area contributed by atoms with Crippen molar-refractivity contribution in [2.45, 2.75) is 12.2 Å². The zero-order valence-electron chi connectivity index (χ0n) is 6.95. The Balaban J connectivity index is 2.34. The molecule has 1 aliphatic rings. The Hall–Kier alpha value is 0.170. The van der Waals surface area contributed by atoms with Gasteiger partial charge in [-0.05, 0) is 0 Å². The number of thioether (sulfide) groups is 1. The third-order valence-corrected chi connectivity index (χ3v) is 2.68. The van der Waals surface area contributed by atoms with E-state index in [4.69, 9.17) is 0 Å². The molecule has 0 saturated carbocycles. The molecular weight excluding hydrogens is 176 g/mol. The highest BCUT2D eigenvalue weighted by atomic mass is 32.2. The Morgan fingerprint density at radius 3 is 3.00 bits per heavy atom. The Bertz CT molecular complexity index is 157. The largest absolute Gasteiger partial charge is 0.353 e. The molecule has 0 amide bonds. The Morgan fingerprint density at radius 1 is 1.82 bits per heavy atom. The minimum absolute atomic E-state index is 0.420. The molecule has 1 rings (SSSR count). The van der Waals surface area contributed by atoms with Gasteiger partial charge in [0, 0.05) is 24.6 Å². The fourth-order valence-electron chi connectivity index (χ4n) is 1.03. The highest BCUT2D eigenvalue weighted by Crippen LogP contribution is 2.14. The van der Waals surface area contributed by atoms with E-state index in [0.717, 1.165) is 18.8 Å². The van der Waals surface area contributed by atoms with Crippen LogP contribution in [0.15, 0.2) is 4.99 Å². The first-order valence-electron chi connectivity index (χ1n) is 3.76. The average molecular weight is 190 g/mol. The van der Waals surface area contributed by atoms with Gasteiger partial charge in [0.05, 0.1) is 6.54 Å². The van der Waals surface area contributed by atoms with Gasteiger partial charge in [0.2, 0.25) is 0 Å². The van der Waals surface area contributed by atoms with Gasteiger partial charge in [0.25, 0.3) is 0 Å². The minimum atomic E-state index is 0.420. The standard InChI is InChI=1S/C7H14N2S2/c1-6(10)5-9(2)7-8-3-4-11-7/h6,10H,3-5H2,1-2H3. The van der Waals surface area contributed by atoms with Crippen molar-refractivity contribution in [2.24, 2.45) is 4.99 Å². The van der Waals surface area contributed by atoms with E-state index in [1.54, 1.807) is 0 Å². The lowest BCUT2D eigenvalue weighted by atomic mass is 10.4. The maximum Gasteiger partial charge on any atom is 0.159 e. The van der Waals surface area contributed by atoms with E-state index < -0.39 is 0 Å². The van der Waals surface area contributed by atoms with Crippen LogP contribution in [-0.2, 0) is 0 Å². The molecule has 0 aromatic rings. The second kappa shape index (κ2) is 4.26. The second-order valence-corrected chi connectivity index (χ2v) is 4.69. The van der Waals surface area contributed by atoms with E-state index in [0.29, 0.717) is 5.25 Å². The van der Waals surface area contributed by atoms with E-state index in [1.165, 1.54) is 5.17 Å². The first kappa shape index (κ1) is 9.26. The molecule has 0 bridgehead atoms. The predicted molar refractivity (Wildman–Crippen MR) is 55.8 cm³/mol. The third-order valence-electron chi connectivity index (χ3n) is 1.43. The first-order valence-corrected chi connectivity index (χ1v) is 5.27. The maximum atomic E-state index is 4.36. The van der Waals surface area contributed by atoms with E-state index in [2.05, 4.69) is 36.5 Å². The van der Waals surface area contributed by atoms with Crippen LogP contribution in [0.3, 0.4) is 0 Å². The van der Waals surface area contributed by atoms with Gasteiger partial charge in [-0.25, -0.2) is 0 Å². The number of thiol groups is 1. The summed E-state index contributed by atoms with van der Waals surface area (Å²) in [6.07, 6.45) is 0. The molecule has 1 aliphatic heterocycles. The monoisotopic (exact) mass is 190 g/mol. The van der Waals surface area contributed by atoms with Gasteiger partial charge in [-0.15, -0.1) is 0 Å². The molecule has 1 heterocycles. The van der Waals surface area contributed by atoms with E-state index >= 15 is 0 Å². The normalized spacial score (nSPS) is 19.7. The molecule has 4 heteroatoms. The average Bonchev–Trinajstić information content (AvgIpc) is 2.35. The minimum Gasteiger partial charge on any atom is -0.353 e. The predicted octanol–water partition coefficient (Wildman–Crippen LogP) is 1.34. The van der Waals surface area contributed by atoms with Crippen molar-refractivity contribution < 1.29 is 0 Å². The SMILES string of the molecule is CC(S)CN(C)C1=NCCS1. The summed E-state index contributed by atoms with van der Waals surface area (Å²) >= 11 is 6.16. The molecule has 0 aromatic carbocycles. The van der Waals surface area contributed by atoms with Crippen molar-refractivity contribution in [1.29, 1.82) is 0 Å². The van der Waals surface area contributed by atoms with Gasteiger partial charge in [-0.2, -0.15) is 12.6 Å². The van der Waals surface area contributed by atoms with Crippen LogP contribution in [0.1, 0.15) is 6.92 Å². The van der Waals surface area contributed by atoms with Crippen molar-refractivity contribution >= 4 is 29.6 Å². The summed E-state index contributed by atoms with van der Waals surface area (Å²) in [4.78, 5) is 6.54. The summed E-state index contributed by atoms with van der Waals surface area (Å²) < 4.78 is 0. The van der Waals surface area contributed by atoms with E-state index in [1.807, 2.05) is 11.8 Å². The molecule has 1 atom stereocenters. The molecule has 2 nitrogen and oxygen atoms in total. The van der Waals surface area contributed by atoms with E-state index in [9.17, 15) is 0 Å². The summed E-state index contributed by atoms with van der Waals surface area (Å²) in [5.74, 6) is 1.14. The molecule has 0 aliphatic carbocycles. The molecule has 0 radical (unpaired) electrons. The molecular formula is C7H14N2S2. The summed E-state index contributed by atoms with van der Waals surface area (Å²) in [5, 5.41) is 1.59. The number of aliphatic imine (C=N–C) groups is 1. The van der Waals surface area contributed by atoms with Crippen LogP contribution < -0.4 is 0 Å². The van der Waals surface area contributed by atoms with Crippen LogP contribution in [0.4, 0.5) is 0 Å². The topological polar surface area (TPSA) is 15.6 Å². The Kier molecular flexibility index (Phi) is 3.59. The molecule has 0 N–H and O–H groups in total. The van der Waals surface area contributed by atoms with Gasteiger partial charge >= 0.3 is 0 Å². The van der Waals surface area contributed by atoms with E-state index in [-0.39, 0.29) is 0 Å². The van der Waals surface area contributed by atoms with Crippen LogP contribution >= 0.6 is 24.4 Å². The lowest BCUT2D eigenvalue weighted by molar-refractivity contribution is 0.518. The van der Waals surface area contributed by atoms with Crippen LogP contribution in [0.25, 0.3) is 0 Å². The Morgan fingerprint density at radius 2 is 2.55 bits per heavy atom. The molecule has 0 saturated heterocycles. The molecule has 0 aromatic heterocycles. The number of amidine groups is 1. The number of nitrogens with zero attached hydrogens (tertiary/aromatic N) is 2. The first-order chi connectivity index (χ1) is 5.20. The molecule has 1 unspecified atom stereocenters. The smallest absolute Gasteiger partial charge is 0.159 e. The number of rotatable bonds is 2. The van der Waals surface area contributed by atoms with Crippen LogP contribution in [-0.4, -0.2) is 41.2 Å². The van der Waals surface area contributed by atoms with Crippen molar-refractivity contribution in [3.8, 4) is 0 Å². The fourth-order valence-corrected chi connectivity index (χ4v) is 2.12. The molecule has 0 fully saturated rings. The highest BCUT2D eigenvalue weighted by molar-refractivity contribution is 8.14. The summed E-state index contributed by atoms with van der Waals surface area (Å²) in [5.41, 5.74) is 0. The van der Waals surface area contributed by atoms with Gasteiger partial charge in [-0.3, -0.25) is 4.99 Å².